The molecular weight excluding hydrogens is 500 g/mol. The van der Waals surface area contributed by atoms with E-state index in [2.05, 4.69) is 27.7 Å². The van der Waals surface area contributed by atoms with E-state index >= 15 is 0 Å². The molecular formula is C39H76O2. The highest BCUT2D eigenvalue weighted by Crippen LogP contribution is 2.06. The van der Waals surface area contributed by atoms with Gasteiger partial charge in [-0.25, -0.2) is 0 Å². The monoisotopic (exact) mass is 577 g/mol. The van der Waals surface area contributed by atoms with Crippen LogP contribution in [0.1, 0.15) is 117 Å². The van der Waals surface area contributed by atoms with Gasteiger partial charge in [-0.1, -0.05) is 226 Å². The van der Waals surface area contributed by atoms with Gasteiger partial charge in [-0.05, 0) is 0 Å². The van der Waals surface area contributed by atoms with Crippen LogP contribution in [-0.2, 0) is 9.47 Å². The van der Waals surface area contributed by atoms with Crippen LogP contribution in [0.4, 0.5) is 0 Å². The molecule has 41 heavy (non-hydrogen) atoms. The summed E-state index contributed by atoms with van der Waals surface area (Å²) in [4.78, 5) is 0. The van der Waals surface area contributed by atoms with Crippen molar-refractivity contribution < 1.29 is 9.47 Å². The van der Waals surface area contributed by atoms with Crippen LogP contribution in [-0.4, -0.2) is 26.4 Å². The Morgan fingerprint density at radius 3 is 0.610 bits per heavy atom. The Balaban J connectivity index is -0.0000000506. The van der Waals surface area contributed by atoms with E-state index in [1.807, 2.05) is 178 Å². The highest BCUT2D eigenvalue weighted by molar-refractivity contribution is 5.00. The second kappa shape index (κ2) is 83.2. The van der Waals surface area contributed by atoms with Gasteiger partial charge in [-0.3, -0.25) is 0 Å². The van der Waals surface area contributed by atoms with Crippen molar-refractivity contribution in [2.75, 3.05) is 20.3 Å². The molecule has 1 heterocycles. The van der Waals surface area contributed by atoms with Gasteiger partial charge in [0.15, 0.2) is 0 Å². The molecule has 0 amide bonds. The average molecular weight is 577 g/mol. The highest BCUT2D eigenvalue weighted by Gasteiger charge is 2.21. The van der Waals surface area contributed by atoms with Crippen LogP contribution in [0, 0.1) is 0 Å². The van der Waals surface area contributed by atoms with E-state index < -0.39 is 0 Å². The third-order valence-corrected chi connectivity index (χ3v) is 2.75. The van der Waals surface area contributed by atoms with Crippen molar-refractivity contribution in [3.8, 4) is 0 Å². The molecule has 0 spiro atoms. The highest BCUT2D eigenvalue weighted by atomic mass is 16.6. The van der Waals surface area contributed by atoms with E-state index in [1.165, 1.54) is 12.8 Å². The first-order valence-electron chi connectivity index (χ1n) is 15.9. The summed E-state index contributed by atoms with van der Waals surface area (Å²) in [6.07, 6.45) is 2.93. The number of benzene rings is 3. The van der Waals surface area contributed by atoms with Crippen molar-refractivity contribution in [2.24, 2.45) is 0 Å². The Morgan fingerprint density at radius 1 is 0.439 bits per heavy atom. The first-order valence-corrected chi connectivity index (χ1v) is 15.9. The molecule has 0 aliphatic carbocycles. The normalized spacial score (nSPS) is 9.59. The molecule has 0 N–H and O–H groups in total. The number of hydrogen-bond acceptors (Lipinski definition) is 2. The number of hydrogen-bond donors (Lipinski definition) is 0. The van der Waals surface area contributed by atoms with Gasteiger partial charge in [-0.2, -0.15) is 0 Å². The third-order valence-electron chi connectivity index (χ3n) is 2.75. The number of epoxide rings is 1. The largest absolute Gasteiger partial charge is 0.382 e. The lowest BCUT2D eigenvalue weighted by molar-refractivity contribution is 0.171. The molecule has 0 saturated carbocycles. The van der Waals surface area contributed by atoms with Crippen LogP contribution in [0.25, 0.3) is 0 Å². The van der Waals surface area contributed by atoms with Crippen LogP contribution in [0.15, 0.2) is 109 Å². The van der Waals surface area contributed by atoms with Crippen molar-refractivity contribution in [1.29, 1.82) is 0 Å². The summed E-state index contributed by atoms with van der Waals surface area (Å²) >= 11 is 0. The van der Waals surface area contributed by atoms with Gasteiger partial charge < -0.3 is 9.47 Å². The van der Waals surface area contributed by atoms with Gasteiger partial charge in [0, 0.05) is 7.11 Å². The predicted octanol–water partition coefficient (Wildman–Crippen LogP) is 13.7. The lowest BCUT2D eigenvalue weighted by Gasteiger charge is -1.84. The predicted molar refractivity (Wildman–Crippen MR) is 196 cm³/mol. The summed E-state index contributed by atoms with van der Waals surface area (Å²) in [5.41, 5.74) is 0. The van der Waals surface area contributed by atoms with Crippen LogP contribution in [0.3, 0.4) is 0 Å². The molecule has 0 bridgehead atoms. The van der Waals surface area contributed by atoms with Crippen molar-refractivity contribution >= 4 is 0 Å². The molecule has 2 nitrogen and oxygen atoms in total. The lowest BCUT2D eigenvalue weighted by Crippen LogP contribution is -1.94. The molecule has 1 aliphatic rings. The maximum Gasteiger partial charge on any atom is 0.104 e. The summed E-state index contributed by atoms with van der Waals surface area (Å²) in [6, 6.07) is 36.0. The van der Waals surface area contributed by atoms with Gasteiger partial charge in [0.2, 0.25) is 0 Å². The summed E-state index contributed by atoms with van der Waals surface area (Å²) in [5.74, 6) is 0. The maximum absolute atomic E-state index is 4.82. The van der Waals surface area contributed by atoms with Gasteiger partial charge in [0.05, 0.1) is 13.2 Å². The fourth-order valence-corrected chi connectivity index (χ4v) is 1.50. The third kappa shape index (κ3) is 102. The smallest absolute Gasteiger partial charge is 0.104 e. The van der Waals surface area contributed by atoms with Crippen molar-refractivity contribution in [3.63, 3.8) is 0 Å². The molecule has 0 radical (unpaired) electrons. The number of ether oxygens (including phenoxy) is 2. The molecule has 2 heteroatoms. The van der Waals surface area contributed by atoms with E-state index in [4.69, 9.17) is 9.47 Å². The zero-order chi connectivity index (χ0) is 32.5. The molecule has 3 aromatic carbocycles. The molecule has 1 aliphatic heterocycles. The number of rotatable bonds is 2. The maximum atomic E-state index is 4.82. The lowest BCUT2D eigenvalue weighted by atomic mass is 10.4. The topological polar surface area (TPSA) is 21.8 Å². The molecule has 1 fully saturated rings. The minimum Gasteiger partial charge on any atom is -0.382 e. The SMILES string of the molecule is C.CC.CC.CC.CC.CC.CCC.CCC.COCC1CO1.c1ccccc1.c1ccccc1.c1ccccc1. The molecule has 0 aromatic heterocycles. The average Bonchev–Trinajstić information content (AvgIpc) is 3.91. The minimum atomic E-state index is 0. The summed E-state index contributed by atoms with van der Waals surface area (Å²) in [7, 11) is 1.68. The van der Waals surface area contributed by atoms with E-state index in [-0.39, 0.29) is 7.43 Å². The summed E-state index contributed by atoms with van der Waals surface area (Å²) in [6.45, 7) is 30.2. The van der Waals surface area contributed by atoms with Crippen molar-refractivity contribution in [2.45, 2.75) is 123 Å². The van der Waals surface area contributed by atoms with E-state index in [1.54, 1.807) is 7.11 Å². The second-order valence-electron chi connectivity index (χ2n) is 6.29. The first kappa shape index (κ1) is 58.3. The van der Waals surface area contributed by atoms with E-state index in [0.717, 1.165) is 13.2 Å². The van der Waals surface area contributed by atoms with Gasteiger partial charge in [0.1, 0.15) is 6.10 Å². The molecule has 244 valence electrons. The van der Waals surface area contributed by atoms with Crippen molar-refractivity contribution in [1.82, 2.24) is 0 Å². The Hall–Kier alpha value is -2.42. The standard InChI is InChI=1S/3C6H6.C4H8O2.2C3H8.5C2H6.CH4/c3*1-2-4-6-5-3-1;1-5-2-4-3-6-4;2*1-3-2;5*1-2;/h3*1-6H;4H,2-3H2,1H3;2*3H2,1-2H3;5*1-2H3;1H4. The number of methoxy groups -OCH3 is 1. The van der Waals surface area contributed by atoms with Crippen LogP contribution >= 0.6 is 0 Å². The summed E-state index contributed by atoms with van der Waals surface area (Å²) in [5, 5.41) is 0. The van der Waals surface area contributed by atoms with Crippen LogP contribution in [0.2, 0.25) is 0 Å². The molecule has 1 saturated heterocycles. The minimum absolute atomic E-state index is 0. The Kier molecular flexibility index (Phi) is 118. The van der Waals surface area contributed by atoms with Gasteiger partial charge in [-0.15, -0.1) is 0 Å². The molecule has 4 rings (SSSR count). The van der Waals surface area contributed by atoms with Gasteiger partial charge in [0.25, 0.3) is 0 Å². The van der Waals surface area contributed by atoms with Crippen molar-refractivity contribution in [3.05, 3.63) is 109 Å². The zero-order valence-corrected chi connectivity index (χ0v) is 29.6. The van der Waals surface area contributed by atoms with E-state index in [0.29, 0.717) is 6.10 Å². The second-order valence-corrected chi connectivity index (χ2v) is 6.29. The fraction of sp³-hybridized carbons (Fsp3) is 0.538. The Labute approximate surface area is 261 Å². The summed E-state index contributed by atoms with van der Waals surface area (Å²) < 4.78 is 9.56. The Bertz CT molecular complexity index is 425. The Morgan fingerprint density at radius 2 is 0.561 bits per heavy atom. The van der Waals surface area contributed by atoms with Crippen LogP contribution in [0.5, 0.6) is 0 Å². The quantitative estimate of drug-likeness (QED) is 0.283. The van der Waals surface area contributed by atoms with E-state index in [9.17, 15) is 0 Å². The van der Waals surface area contributed by atoms with Crippen LogP contribution < -0.4 is 0 Å². The fourth-order valence-electron chi connectivity index (χ4n) is 1.50. The first-order chi connectivity index (χ1) is 19.8. The molecule has 3 aromatic rings. The zero-order valence-electron chi connectivity index (χ0n) is 29.6. The molecule has 1 unspecified atom stereocenters. The molecule has 1 atom stereocenters. The van der Waals surface area contributed by atoms with Gasteiger partial charge >= 0.3 is 0 Å².